The molecule has 0 spiro atoms. The zero-order chi connectivity index (χ0) is 18.1. The van der Waals surface area contributed by atoms with Crippen molar-refractivity contribution in [2.75, 3.05) is 5.32 Å². The number of furan rings is 1. The summed E-state index contributed by atoms with van der Waals surface area (Å²) in [6.07, 6.45) is 1.57. The summed E-state index contributed by atoms with van der Waals surface area (Å²) in [4.78, 5) is 12.8. The first-order valence-electron chi connectivity index (χ1n) is 7.99. The SMILES string of the molecule is O=C(Nc1ccccc1Br)c1cc2occc2n1Cc1cccc(F)c1. The van der Waals surface area contributed by atoms with Crippen LogP contribution < -0.4 is 5.32 Å². The van der Waals surface area contributed by atoms with Gasteiger partial charge in [-0.2, -0.15) is 0 Å². The Kier molecular flexibility index (Phi) is 4.34. The molecular weight excluding hydrogens is 399 g/mol. The lowest BCUT2D eigenvalue weighted by molar-refractivity contribution is 0.101. The number of aromatic nitrogens is 1. The quantitative estimate of drug-likeness (QED) is 0.485. The summed E-state index contributed by atoms with van der Waals surface area (Å²) in [6.45, 7) is 0.361. The molecule has 0 unspecified atom stereocenters. The van der Waals surface area contributed by atoms with Gasteiger partial charge in [0, 0.05) is 23.2 Å². The van der Waals surface area contributed by atoms with Crippen LogP contribution >= 0.6 is 15.9 Å². The van der Waals surface area contributed by atoms with Gasteiger partial charge in [0.25, 0.3) is 5.91 Å². The summed E-state index contributed by atoms with van der Waals surface area (Å²) in [5, 5.41) is 2.89. The van der Waals surface area contributed by atoms with Crippen molar-refractivity contribution < 1.29 is 13.6 Å². The minimum absolute atomic E-state index is 0.264. The number of nitrogens with one attached hydrogen (secondary N) is 1. The Bertz CT molecular complexity index is 1100. The Hall–Kier alpha value is -2.86. The average molecular weight is 413 g/mol. The molecule has 2 heterocycles. The van der Waals surface area contributed by atoms with E-state index in [1.165, 1.54) is 12.1 Å². The minimum Gasteiger partial charge on any atom is -0.463 e. The molecule has 0 aliphatic carbocycles. The van der Waals surface area contributed by atoms with Gasteiger partial charge in [0.05, 0.1) is 17.5 Å². The first-order chi connectivity index (χ1) is 12.6. The molecule has 4 rings (SSSR count). The lowest BCUT2D eigenvalue weighted by Gasteiger charge is -2.11. The van der Waals surface area contributed by atoms with Crippen LogP contribution in [0.1, 0.15) is 16.1 Å². The number of amides is 1. The third kappa shape index (κ3) is 3.15. The fourth-order valence-corrected chi connectivity index (χ4v) is 3.29. The molecule has 0 bridgehead atoms. The van der Waals surface area contributed by atoms with Crippen LogP contribution in [0.25, 0.3) is 11.1 Å². The predicted molar refractivity (Wildman–Crippen MR) is 102 cm³/mol. The van der Waals surface area contributed by atoms with Crippen LogP contribution in [0.3, 0.4) is 0 Å². The van der Waals surface area contributed by atoms with Gasteiger partial charge in [0.15, 0.2) is 5.58 Å². The number of carbonyl (C=O) groups is 1. The maximum Gasteiger partial charge on any atom is 0.272 e. The van der Waals surface area contributed by atoms with Crippen molar-refractivity contribution in [1.29, 1.82) is 0 Å². The molecule has 0 atom stereocenters. The Balaban J connectivity index is 1.72. The van der Waals surface area contributed by atoms with E-state index in [0.717, 1.165) is 15.6 Å². The van der Waals surface area contributed by atoms with Crippen molar-refractivity contribution in [3.05, 3.63) is 88.5 Å². The molecule has 6 heteroatoms. The second-order valence-corrected chi connectivity index (χ2v) is 6.70. The second kappa shape index (κ2) is 6.80. The highest BCUT2D eigenvalue weighted by Crippen LogP contribution is 2.26. The average Bonchev–Trinajstić information content (AvgIpc) is 3.20. The van der Waals surface area contributed by atoms with Crippen LogP contribution in [-0.4, -0.2) is 10.5 Å². The van der Waals surface area contributed by atoms with Gasteiger partial charge in [-0.05, 0) is 45.8 Å². The van der Waals surface area contributed by atoms with Gasteiger partial charge in [0.1, 0.15) is 11.5 Å². The molecule has 0 radical (unpaired) electrons. The summed E-state index contributed by atoms with van der Waals surface area (Å²) >= 11 is 3.42. The van der Waals surface area contributed by atoms with Crippen molar-refractivity contribution in [2.45, 2.75) is 6.54 Å². The van der Waals surface area contributed by atoms with E-state index >= 15 is 0 Å². The van der Waals surface area contributed by atoms with Crippen LogP contribution in [0.15, 0.2) is 75.8 Å². The van der Waals surface area contributed by atoms with E-state index in [1.54, 1.807) is 24.5 Å². The van der Waals surface area contributed by atoms with Gasteiger partial charge in [-0.15, -0.1) is 0 Å². The summed E-state index contributed by atoms with van der Waals surface area (Å²) < 4.78 is 21.6. The summed E-state index contributed by atoms with van der Waals surface area (Å²) in [5.41, 5.74) is 3.27. The largest absolute Gasteiger partial charge is 0.463 e. The standard InChI is InChI=1S/C20H14BrFN2O2/c21-15-6-1-2-7-16(15)23-20(25)18-11-19-17(8-9-26-19)24(18)12-13-4-3-5-14(22)10-13/h1-11H,12H2,(H,23,25). The maximum absolute atomic E-state index is 13.5. The zero-order valence-corrected chi connectivity index (χ0v) is 15.2. The first-order valence-corrected chi connectivity index (χ1v) is 8.78. The normalized spacial score (nSPS) is 11.0. The number of para-hydroxylation sites is 1. The van der Waals surface area contributed by atoms with Crippen molar-refractivity contribution in [3.8, 4) is 0 Å². The molecule has 0 aliphatic rings. The van der Waals surface area contributed by atoms with Gasteiger partial charge < -0.3 is 14.3 Å². The van der Waals surface area contributed by atoms with Gasteiger partial charge in [0.2, 0.25) is 0 Å². The van der Waals surface area contributed by atoms with Crippen molar-refractivity contribution >= 4 is 38.6 Å². The zero-order valence-electron chi connectivity index (χ0n) is 13.6. The Labute approximate surface area is 157 Å². The number of carbonyl (C=O) groups excluding carboxylic acids is 1. The smallest absolute Gasteiger partial charge is 0.272 e. The number of fused-ring (bicyclic) bond motifs is 1. The van der Waals surface area contributed by atoms with Crippen molar-refractivity contribution in [3.63, 3.8) is 0 Å². The molecule has 0 saturated carbocycles. The van der Waals surface area contributed by atoms with E-state index < -0.39 is 0 Å². The number of rotatable bonds is 4. The van der Waals surface area contributed by atoms with Crippen molar-refractivity contribution in [2.24, 2.45) is 0 Å². The number of halogens is 2. The van der Waals surface area contributed by atoms with E-state index in [1.807, 2.05) is 34.9 Å². The van der Waals surface area contributed by atoms with E-state index in [-0.39, 0.29) is 11.7 Å². The topological polar surface area (TPSA) is 47.2 Å². The predicted octanol–water partition coefficient (Wildman–Crippen LogP) is 5.44. The number of nitrogens with zero attached hydrogens (tertiary/aromatic N) is 1. The van der Waals surface area contributed by atoms with Crippen LogP contribution in [0, 0.1) is 5.82 Å². The molecule has 130 valence electrons. The van der Waals surface area contributed by atoms with Crippen molar-refractivity contribution in [1.82, 2.24) is 4.57 Å². The molecule has 4 aromatic rings. The summed E-state index contributed by atoms with van der Waals surface area (Å²) in [5.74, 6) is -0.572. The lowest BCUT2D eigenvalue weighted by Crippen LogP contribution is -2.17. The van der Waals surface area contributed by atoms with E-state index in [4.69, 9.17) is 4.42 Å². The molecule has 4 nitrogen and oxygen atoms in total. The lowest BCUT2D eigenvalue weighted by atomic mass is 10.2. The van der Waals surface area contributed by atoms with Crippen LogP contribution in [0.4, 0.5) is 10.1 Å². The third-order valence-electron chi connectivity index (χ3n) is 4.11. The highest BCUT2D eigenvalue weighted by molar-refractivity contribution is 9.10. The second-order valence-electron chi connectivity index (χ2n) is 5.85. The van der Waals surface area contributed by atoms with Crippen LogP contribution in [0.2, 0.25) is 0 Å². The van der Waals surface area contributed by atoms with Crippen LogP contribution in [-0.2, 0) is 6.54 Å². The first kappa shape index (κ1) is 16.6. The highest BCUT2D eigenvalue weighted by Gasteiger charge is 2.18. The van der Waals surface area contributed by atoms with Gasteiger partial charge in [-0.25, -0.2) is 4.39 Å². The summed E-state index contributed by atoms with van der Waals surface area (Å²) in [6, 6.07) is 17.2. The third-order valence-corrected chi connectivity index (χ3v) is 4.80. The highest BCUT2D eigenvalue weighted by atomic mass is 79.9. The van der Waals surface area contributed by atoms with Gasteiger partial charge in [-0.1, -0.05) is 24.3 Å². The maximum atomic E-state index is 13.5. The van der Waals surface area contributed by atoms with E-state index in [2.05, 4.69) is 21.2 Å². The number of hydrogen-bond donors (Lipinski definition) is 1. The Morgan fingerprint density at radius 1 is 1.12 bits per heavy atom. The molecule has 26 heavy (non-hydrogen) atoms. The molecule has 0 saturated heterocycles. The number of hydrogen-bond acceptors (Lipinski definition) is 2. The van der Waals surface area contributed by atoms with E-state index in [9.17, 15) is 9.18 Å². The molecule has 2 aromatic carbocycles. The molecule has 1 N–H and O–H groups in total. The Morgan fingerprint density at radius 2 is 1.96 bits per heavy atom. The molecule has 2 aromatic heterocycles. The van der Waals surface area contributed by atoms with E-state index in [0.29, 0.717) is 23.5 Å². The fourth-order valence-electron chi connectivity index (χ4n) is 2.90. The molecular formula is C20H14BrFN2O2. The van der Waals surface area contributed by atoms with Crippen LogP contribution in [0.5, 0.6) is 0 Å². The molecule has 1 amide bonds. The fraction of sp³-hybridized carbons (Fsp3) is 0.0500. The Morgan fingerprint density at radius 3 is 2.77 bits per heavy atom. The molecule has 0 fully saturated rings. The van der Waals surface area contributed by atoms with Gasteiger partial charge >= 0.3 is 0 Å². The minimum atomic E-state index is -0.308. The number of anilines is 1. The summed E-state index contributed by atoms with van der Waals surface area (Å²) in [7, 11) is 0. The monoisotopic (exact) mass is 412 g/mol. The number of benzene rings is 2. The van der Waals surface area contributed by atoms with Gasteiger partial charge in [-0.3, -0.25) is 4.79 Å². The molecule has 0 aliphatic heterocycles.